The Kier molecular flexibility index (Phi) is 5.70. The highest BCUT2D eigenvalue weighted by molar-refractivity contribution is 9.10. The van der Waals surface area contributed by atoms with Gasteiger partial charge in [-0.3, -0.25) is 14.2 Å². The van der Waals surface area contributed by atoms with Gasteiger partial charge in [0.05, 0.1) is 41.8 Å². The molecule has 1 unspecified atom stereocenters. The number of carbonyl (C=O) groups is 2. The summed E-state index contributed by atoms with van der Waals surface area (Å²) in [5.74, 6) is -0.606. The number of carbonyl (C=O) groups excluding carboxylic acids is 2. The van der Waals surface area contributed by atoms with E-state index in [9.17, 15) is 9.59 Å². The molecule has 0 bridgehead atoms. The maximum atomic E-state index is 12.4. The molecule has 1 aromatic carbocycles. The highest BCUT2D eigenvalue weighted by Crippen LogP contribution is 2.16. The summed E-state index contributed by atoms with van der Waals surface area (Å²) >= 11 is 3.31. The van der Waals surface area contributed by atoms with Crippen LogP contribution < -0.4 is 5.32 Å². The van der Waals surface area contributed by atoms with Gasteiger partial charge in [-0.15, -0.1) is 0 Å². The number of amides is 1. The summed E-state index contributed by atoms with van der Waals surface area (Å²) in [5, 5.41) is 11.2. The van der Waals surface area contributed by atoms with Gasteiger partial charge in [-0.1, -0.05) is 18.2 Å². The number of anilines is 1. The average molecular weight is 432 g/mol. The van der Waals surface area contributed by atoms with Gasteiger partial charge in [-0.25, -0.2) is 4.79 Å². The fourth-order valence-electron chi connectivity index (χ4n) is 2.55. The lowest BCUT2D eigenvalue weighted by molar-refractivity contribution is -0.119. The Hall–Kier alpha value is -2.94. The average Bonchev–Trinajstić information content (AvgIpc) is 3.29. The van der Waals surface area contributed by atoms with Gasteiger partial charge in [-0.05, 0) is 34.5 Å². The minimum absolute atomic E-state index is 0.208. The molecular formula is C18H18BrN5O3. The van der Waals surface area contributed by atoms with E-state index in [2.05, 4.69) is 31.4 Å². The van der Waals surface area contributed by atoms with Crippen molar-refractivity contribution in [3.8, 4) is 0 Å². The third-order valence-corrected chi connectivity index (χ3v) is 4.41. The van der Waals surface area contributed by atoms with Crippen LogP contribution in [0.15, 0.2) is 53.5 Å². The summed E-state index contributed by atoms with van der Waals surface area (Å²) in [5.41, 5.74) is 1.83. The molecule has 1 atom stereocenters. The largest absolute Gasteiger partial charge is 0.465 e. The summed E-state index contributed by atoms with van der Waals surface area (Å²) in [4.78, 5) is 24.3. The molecule has 3 aromatic rings. The van der Waals surface area contributed by atoms with Crippen molar-refractivity contribution in [1.29, 1.82) is 0 Å². The molecule has 27 heavy (non-hydrogen) atoms. The number of aromatic nitrogens is 4. The Morgan fingerprint density at radius 2 is 2.00 bits per heavy atom. The number of halogens is 1. The number of methoxy groups -OCH3 is 1. The standard InChI is InChI=1S/C18H18BrN5O3/c1-12(24-10-14(19)7-21-24)17(25)22-15-8-20-23(11-15)9-13-5-3-4-6-16(13)18(26)27-2/h3-8,10-12H,9H2,1-2H3,(H,22,25). The van der Waals surface area contributed by atoms with E-state index in [1.807, 2.05) is 12.1 Å². The lowest BCUT2D eigenvalue weighted by Gasteiger charge is -2.11. The van der Waals surface area contributed by atoms with E-state index in [4.69, 9.17) is 4.74 Å². The second-order valence-corrected chi connectivity index (χ2v) is 6.79. The Morgan fingerprint density at radius 3 is 2.70 bits per heavy atom. The molecule has 1 N–H and O–H groups in total. The van der Waals surface area contributed by atoms with Crippen molar-refractivity contribution in [2.75, 3.05) is 12.4 Å². The molecule has 0 aliphatic rings. The lowest BCUT2D eigenvalue weighted by atomic mass is 10.1. The van der Waals surface area contributed by atoms with Gasteiger partial charge < -0.3 is 10.1 Å². The second kappa shape index (κ2) is 8.17. The molecule has 1 amide bonds. The second-order valence-electron chi connectivity index (χ2n) is 5.88. The smallest absolute Gasteiger partial charge is 0.338 e. The summed E-state index contributed by atoms with van der Waals surface area (Å²) in [6.07, 6.45) is 6.63. The molecule has 140 valence electrons. The molecule has 0 radical (unpaired) electrons. The van der Waals surface area contributed by atoms with Gasteiger partial charge in [0.1, 0.15) is 6.04 Å². The fourth-order valence-corrected chi connectivity index (χ4v) is 2.85. The molecule has 9 heteroatoms. The number of nitrogens with zero attached hydrogens (tertiary/aromatic N) is 4. The highest BCUT2D eigenvalue weighted by Gasteiger charge is 2.17. The first kappa shape index (κ1) is 18.8. The minimum Gasteiger partial charge on any atom is -0.465 e. The van der Waals surface area contributed by atoms with E-state index < -0.39 is 12.0 Å². The van der Waals surface area contributed by atoms with Crippen LogP contribution in [0.2, 0.25) is 0 Å². The normalized spacial score (nSPS) is 11.8. The van der Waals surface area contributed by atoms with Crippen molar-refractivity contribution < 1.29 is 14.3 Å². The predicted octanol–water partition coefficient (Wildman–Crippen LogP) is 2.88. The molecule has 2 heterocycles. The maximum Gasteiger partial charge on any atom is 0.338 e. The summed E-state index contributed by atoms with van der Waals surface area (Å²) in [6, 6.07) is 6.69. The van der Waals surface area contributed by atoms with Crippen LogP contribution in [0.5, 0.6) is 0 Å². The van der Waals surface area contributed by atoms with Gasteiger partial charge in [0.15, 0.2) is 0 Å². The monoisotopic (exact) mass is 431 g/mol. The third-order valence-electron chi connectivity index (χ3n) is 4.00. The van der Waals surface area contributed by atoms with Gasteiger partial charge in [0, 0.05) is 12.4 Å². The Labute approximate surface area is 164 Å². The zero-order valence-corrected chi connectivity index (χ0v) is 16.4. The van der Waals surface area contributed by atoms with Crippen LogP contribution in [0.3, 0.4) is 0 Å². The molecule has 3 rings (SSSR count). The van der Waals surface area contributed by atoms with Crippen molar-refractivity contribution in [2.45, 2.75) is 19.5 Å². The van der Waals surface area contributed by atoms with E-state index in [0.717, 1.165) is 10.0 Å². The number of benzene rings is 1. The van der Waals surface area contributed by atoms with E-state index in [-0.39, 0.29) is 5.91 Å². The Balaban J connectivity index is 1.69. The SMILES string of the molecule is COC(=O)c1ccccc1Cn1cc(NC(=O)C(C)n2cc(Br)cn2)cn1. The molecule has 0 saturated heterocycles. The van der Waals surface area contributed by atoms with Gasteiger partial charge in [0.25, 0.3) is 0 Å². The van der Waals surface area contributed by atoms with Crippen LogP contribution in [0.1, 0.15) is 28.9 Å². The molecule has 0 aliphatic heterocycles. The minimum atomic E-state index is -0.472. The van der Waals surface area contributed by atoms with E-state index in [0.29, 0.717) is 17.8 Å². The maximum absolute atomic E-state index is 12.4. The van der Waals surface area contributed by atoms with Crippen LogP contribution in [0, 0.1) is 0 Å². The molecule has 8 nitrogen and oxygen atoms in total. The molecule has 2 aromatic heterocycles. The number of hydrogen-bond donors (Lipinski definition) is 1. The fraction of sp³-hybridized carbons (Fsp3) is 0.222. The van der Waals surface area contributed by atoms with E-state index in [1.54, 1.807) is 53.2 Å². The zero-order valence-electron chi connectivity index (χ0n) is 14.8. The number of nitrogens with one attached hydrogen (secondary N) is 1. The Bertz CT molecular complexity index is 965. The first-order valence-corrected chi connectivity index (χ1v) is 8.96. The zero-order chi connectivity index (χ0) is 19.4. The van der Waals surface area contributed by atoms with Gasteiger partial charge >= 0.3 is 5.97 Å². The first-order valence-electron chi connectivity index (χ1n) is 8.17. The first-order chi connectivity index (χ1) is 13.0. The topological polar surface area (TPSA) is 91.0 Å². The van der Waals surface area contributed by atoms with Crippen molar-refractivity contribution in [2.24, 2.45) is 0 Å². The van der Waals surface area contributed by atoms with Crippen LogP contribution >= 0.6 is 15.9 Å². The molecule has 0 fully saturated rings. The van der Waals surface area contributed by atoms with Crippen LogP contribution in [-0.4, -0.2) is 38.5 Å². The van der Waals surface area contributed by atoms with Crippen LogP contribution in [0.4, 0.5) is 5.69 Å². The van der Waals surface area contributed by atoms with E-state index >= 15 is 0 Å². The summed E-state index contributed by atoms with van der Waals surface area (Å²) < 4.78 is 8.82. The Morgan fingerprint density at radius 1 is 1.22 bits per heavy atom. The van der Waals surface area contributed by atoms with Gasteiger partial charge in [-0.2, -0.15) is 10.2 Å². The number of rotatable bonds is 6. The van der Waals surface area contributed by atoms with Gasteiger partial charge in [0.2, 0.25) is 5.91 Å². The highest BCUT2D eigenvalue weighted by atomic mass is 79.9. The van der Waals surface area contributed by atoms with Crippen LogP contribution in [-0.2, 0) is 16.1 Å². The van der Waals surface area contributed by atoms with Crippen molar-refractivity contribution in [3.63, 3.8) is 0 Å². The quantitative estimate of drug-likeness (QED) is 0.605. The predicted molar refractivity (Wildman–Crippen MR) is 102 cm³/mol. The number of hydrogen-bond acceptors (Lipinski definition) is 5. The number of esters is 1. The summed E-state index contributed by atoms with van der Waals surface area (Å²) in [6.45, 7) is 2.13. The van der Waals surface area contributed by atoms with Crippen molar-refractivity contribution in [1.82, 2.24) is 19.6 Å². The van der Waals surface area contributed by atoms with Crippen molar-refractivity contribution >= 4 is 33.5 Å². The summed E-state index contributed by atoms with van der Waals surface area (Å²) in [7, 11) is 1.35. The molecule has 0 spiro atoms. The molecule has 0 aliphatic carbocycles. The number of ether oxygens (including phenoxy) is 1. The lowest BCUT2D eigenvalue weighted by Crippen LogP contribution is -2.23. The molecule has 0 saturated carbocycles. The van der Waals surface area contributed by atoms with E-state index in [1.165, 1.54) is 7.11 Å². The van der Waals surface area contributed by atoms with Crippen molar-refractivity contribution in [3.05, 3.63) is 64.7 Å². The third kappa shape index (κ3) is 4.43. The molecular weight excluding hydrogens is 414 g/mol. The van der Waals surface area contributed by atoms with Crippen LogP contribution in [0.25, 0.3) is 0 Å².